The van der Waals surface area contributed by atoms with Crippen molar-refractivity contribution in [1.29, 1.82) is 0 Å². The lowest BCUT2D eigenvalue weighted by Crippen LogP contribution is -2.47. The molecule has 26 heavy (non-hydrogen) atoms. The lowest BCUT2D eigenvalue weighted by molar-refractivity contribution is 0.188. The number of nitrogens with one attached hydrogen (secondary N) is 4. The number of nitrogens with zero attached hydrogens (tertiary/aromatic N) is 2. The van der Waals surface area contributed by atoms with Crippen LogP contribution in [0.2, 0.25) is 0 Å². The SMILES string of the molecule is CCNC(=O)Nc1c[nH]c2ncc(Br)c(N3CCCC(NC(=O)O)C3)c12. The predicted molar refractivity (Wildman–Crippen MR) is 103 cm³/mol. The van der Waals surface area contributed by atoms with Crippen molar-refractivity contribution in [2.75, 3.05) is 29.9 Å². The first-order valence-corrected chi connectivity index (χ1v) is 9.23. The molecular formula is C16H21BrN6O3. The van der Waals surface area contributed by atoms with Crippen molar-refractivity contribution in [2.45, 2.75) is 25.8 Å². The number of hydrogen-bond acceptors (Lipinski definition) is 4. The summed E-state index contributed by atoms with van der Waals surface area (Å²) in [6.07, 6.45) is 4.06. The molecule has 0 saturated carbocycles. The molecule has 1 aliphatic heterocycles. The molecule has 3 heterocycles. The maximum Gasteiger partial charge on any atom is 0.404 e. The van der Waals surface area contributed by atoms with E-state index in [9.17, 15) is 9.59 Å². The number of halogens is 1. The number of carboxylic acid groups (broad SMARTS) is 1. The molecule has 1 unspecified atom stereocenters. The van der Waals surface area contributed by atoms with Crippen LogP contribution in [-0.4, -0.2) is 52.9 Å². The topological polar surface area (TPSA) is 122 Å². The Kier molecular flexibility index (Phi) is 5.50. The summed E-state index contributed by atoms with van der Waals surface area (Å²) < 4.78 is 0.791. The molecule has 3 amide bonds. The van der Waals surface area contributed by atoms with Crippen molar-refractivity contribution in [1.82, 2.24) is 20.6 Å². The first kappa shape index (κ1) is 18.3. The number of urea groups is 1. The monoisotopic (exact) mass is 424 g/mol. The van der Waals surface area contributed by atoms with Crippen LogP contribution in [0.3, 0.4) is 0 Å². The molecule has 5 N–H and O–H groups in total. The fourth-order valence-electron chi connectivity index (χ4n) is 3.26. The lowest BCUT2D eigenvalue weighted by atomic mass is 10.0. The van der Waals surface area contributed by atoms with Crippen molar-refractivity contribution in [3.05, 3.63) is 16.9 Å². The number of hydrogen-bond donors (Lipinski definition) is 5. The molecule has 0 aliphatic carbocycles. The molecule has 1 atom stereocenters. The van der Waals surface area contributed by atoms with Crippen LogP contribution in [0.15, 0.2) is 16.9 Å². The molecule has 2 aromatic heterocycles. The van der Waals surface area contributed by atoms with E-state index in [1.54, 1.807) is 12.4 Å². The van der Waals surface area contributed by atoms with Crippen molar-refractivity contribution in [3.63, 3.8) is 0 Å². The summed E-state index contributed by atoms with van der Waals surface area (Å²) in [5, 5.41) is 17.9. The average Bonchev–Trinajstić information content (AvgIpc) is 2.97. The number of fused-ring (bicyclic) bond motifs is 1. The molecule has 1 aliphatic rings. The van der Waals surface area contributed by atoms with Gasteiger partial charge in [-0.25, -0.2) is 14.6 Å². The number of carbonyl (C=O) groups is 2. The van der Waals surface area contributed by atoms with E-state index in [1.165, 1.54) is 0 Å². The number of H-pyrrole nitrogens is 1. The summed E-state index contributed by atoms with van der Waals surface area (Å²) >= 11 is 3.56. The van der Waals surface area contributed by atoms with Gasteiger partial charge in [0, 0.05) is 38.1 Å². The molecule has 0 radical (unpaired) electrons. The van der Waals surface area contributed by atoms with Gasteiger partial charge in [0.2, 0.25) is 0 Å². The average molecular weight is 425 g/mol. The van der Waals surface area contributed by atoms with Crippen LogP contribution in [0.5, 0.6) is 0 Å². The Morgan fingerprint density at radius 2 is 2.31 bits per heavy atom. The second kappa shape index (κ2) is 7.81. The molecule has 140 valence electrons. The number of rotatable bonds is 4. The Labute approximate surface area is 158 Å². The molecule has 0 bridgehead atoms. The minimum absolute atomic E-state index is 0.143. The van der Waals surface area contributed by atoms with Gasteiger partial charge in [0.05, 0.1) is 21.2 Å². The summed E-state index contributed by atoms with van der Waals surface area (Å²) in [6, 6.07) is -0.432. The summed E-state index contributed by atoms with van der Waals surface area (Å²) in [7, 11) is 0. The van der Waals surface area contributed by atoms with Gasteiger partial charge < -0.3 is 30.9 Å². The van der Waals surface area contributed by atoms with E-state index < -0.39 is 6.09 Å². The first-order valence-electron chi connectivity index (χ1n) is 8.44. The number of amides is 3. The van der Waals surface area contributed by atoms with E-state index in [1.807, 2.05) is 6.92 Å². The molecule has 9 nitrogen and oxygen atoms in total. The van der Waals surface area contributed by atoms with Crippen molar-refractivity contribution in [3.8, 4) is 0 Å². The number of anilines is 2. The van der Waals surface area contributed by atoms with E-state index in [-0.39, 0.29) is 12.1 Å². The second-order valence-electron chi connectivity index (χ2n) is 6.10. The number of aromatic amines is 1. The molecule has 1 fully saturated rings. The Balaban J connectivity index is 1.96. The third-order valence-corrected chi connectivity index (χ3v) is 4.86. The quantitative estimate of drug-likeness (QED) is 0.516. The smallest absolute Gasteiger partial charge is 0.404 e. The van der Waals surface area contributed by atoms with Gasteiger partial charge in [-0.3, -0.25) is 0 Å². The van der Waals surface area contributed by atoms with Gasteiger partial charge in [-0.1, -0.05) is 0 Å². The van der Waals surface area contributed by atoms with Crippen LogP contribution in [0.25, 0.3) is 11.0 Å². The van der Waals surface area contributed by atoms with Gasteiger partial charge in [-0.2, -0.15) is 0 Å². The maximum absolute atomic E-state index is 11.9. The van der Waals surface area contributed by atoms with Crippen LogP contribution >= 0.6 is 15.9 Å². The van der Waals surface area contributed by atoms with Crippen LogP contribution in [0.4, 0.5) is 21.0 Å². The van der Waals surface area contributed by atoms with Gasteiger partial charge in [0.15, 0.2) is 0 Å². The van der Waals surface area contributed by atoms with Crippen molar-refractivity contribution >= 4 is 50.5 Å². The summed E-state index contributed by atoms with van der Waals surface area (Å²) in [5.41, 5.74) is 2.17. The zero-order chi connectivity index (χ0) is 18.7. The molecule has 0 aromatic carbocycles. The highest BCUT2D eigenvalue weighted by atomic mass is 79.9. The summed E-state index contributed by atoms with van der Waals surface area (Å²) in [5.74, 6) is 0. The highest BCUT2D eigenvalue weighted by molar-refractivity contribution is 9.10. The fraction of sp³-hybridized carbons (Fsp3) is 0.438. The van der Waals surface area contributed by atoms with Gasteiger partial charge in [-0.15, -0.1) is 0 Å². The van der Waals surface area contributed by atoms with E-state index in [4.69, 9.17) is 5.11 Å². The standard InChI is InChI=1S/C16H21BrN6O3/c1-2-18-15(24)22-11-7-20-14-12(11)13(10(17)6-19-14)23-5-3-4-9(8-23)21-16(25)26/h6-7,9,21H,2-5,8H2,1H3,(H,19,20)(H,25,26)(H2,18,22,24). The molecular weight excluding hydrogens is 404 g/mol. The Hall–Kier alpha value is -2.49. The minimum Gasteiger partial charge on any atom is -0.465 e. The van der Waals surface area contributed by atoms with E-state index in [0.29, 0.717) is 24.4 Å². The van der Waals surface area contributed by atoms with E-state index in [0.717, 1.165) is 34.9 Å². The van der Waals surface area contributed by atoms with Gasteiger partial charge >= 0.3 is 12.1 Å². The normalized spacial score (nSPS) is 17.2. The predicted octanol–water partition coefficient (Wildman–Crippen LogP) is 2.70. The molecule has 3 rings (SSSR count). The Morgan fingerprint density at radius 3 is 3.04 bits per heavy atom. The zero-order valence-electron chi connectivity index (χ0n) is 14.3. The summed E-state index contributed by atoms with van der Waals surface area (Å²) in [4.78, 5) is 32.5. The maximum atomic E-state index is 11.9. The van der Waals surface area contributed by atoms with Crippen LogP contribution in [0, 0.1) is 0 Å². The van der Waals surface area contributed by atoms with Gasteiger partial charge in [0.1, 0.15) is 5.65 Å². The number of carbonyl (C=O) groups excluding carboxylic acids is 1. The van der Waals surface area contributed by atoms with E-state index in [2.05, 4.69) is 46.7 Å². The summed E-state index contributed by atoms with van der Waals surface area (Å²) in [6.45, 7) is 3.72. The number of piperidine rings is 1. The van der Waals surface area contributed by atoms with Crippen LogP contribution < -0.4 is 20.9 Å². The molecule has 1 saturated heterocycles. The highest BCUT2D eigenvalue weighted by Crippen LogP contribution is 2.38. The molecule has 0 spiro atoms. The largest absolute Gasteiger partial charge is 0.465 e. The van der Waals surface area contributed by atoms with Crippen LogP contribution in [-0.2, 0) is 0 Å². The molecule has 2 aromatic rings. The second-order valence-corrected chi connectivity index (χ2v) is 6.95. The first-order chi connectivity index (χ1) is 12.5. The third kappa shape index (κ3) is 3.85. The van der Waals surface area contributed by atoms with E-state index >= 15 is 0 Å². The Morgan fingerprint density at radius 1 is 1.50 bits per heavy atom. The van der Waals surface area contributed by atoms with Crippen molar-refractivity contribution in [2.24, 2.45) is 0 Å². The lowest BCUT2D eigenvalue weighted by Gasteiger charge is -2.35. The Bertz CT molecular complexity index is 824. The van der Waals surface area contributed by atoms with Gasteiger partial charge in [0.25, 0.3) is 0 Å². The highest BCUT2D eigenvalue weighted by Gasteiger charge is 2.26. The number of pyridine rings is 1. The fourth-order valence-corrected chi connectivity index (χ4v) is 3.81. The number of aromatic nitrogens is 2. The van der Waals surface area contributed by atoms with Gasteiger partial charge in [-0.05, 0) is 35.7 Å². The van der Waals surface area contributed by atoms with Crippen molar-refractivity contribution < 1.29 is 14.7 Å². The van der Waals surface area contributed by atoms with Crippen LogP contribution in [0.1, 0.15) is 19.8 Å². The third-order valence-electron chi connectivity index (χ3n) is 4.28. The molecule has 10 heteroatoms. The minimum atomic E-state index is -1.02. The zero-order valence-corrected chi connectivity index (χ0v) is 15.9.